The lowest BCUT2D eigenvalue weighted by molar-refractivity contribution is -0.129. The second-order valence-electron chi connectivity index (χ2n) is 4.50. The van der Waals surface area contributed by atoms with E-state index in [9.17, 15) is 4.79 Å². The zero-order chi connectivity index (χ0) is 13.3. The van der Waals surface area contributed by atoms with Gasteiger partial charge in [0, 0.05) is 33.1 Å². The molecule has 18 heavy (non-hydrogen) atoms. The average Bonchev–Trinajstić information content (AvgIpc) is 2.34. The van der Waals surface area contributed by atoms with Crippen molar-refractivity contribution in [3.05, 3.63) is 16.5 Å². The Hall–Kier alpha value is -1.36. The summed E-state index contributed by atoms with van der Waals surface area (Å²) in [6, 6.07) is 0. The molecule has 1 amide bonds. The zero-order valence-electron chi connectivity index (χ0n) is 10.9. The number of hydrogen-bond acceptors (Lipinski definition) is 4. The molecule has 98 valence electrons. The first-order chi connectivity index (χ1) is 8.49. The van der Waals surface area contributed by atoms with Gasteiger partial charge < -0.3 is 9.80 Å². The van der Waals surface area contributed by atoms with E-state index in [1.165, 1.54) is 0 Å². The largest absolute Gasteiger partial charge is 0.351 e. The third kappa shape index (κ3) is 2.56. The molecule has 0 unspecified atom stereocenters. The highest BCUT2D eigenvalue weighted by Crippen LogP contribution is 2.23. The lowest BCUT2D eigenvalue weighted by atomic mass is 10.3. The fourth-order valence-electron chi connectivity index (χ4n) is 2.00. The molecule has 5 nitrogen and oxygen atoms in total. The minimum absolute atomic E-state index is 0.118. The van der Waals surface area contributed by atoms with Crippen LogP contribution in [0.2, 0.25) is 5.15 Å². The molecule has 2 rings (SSSR count). The predicted molar refractivity (Wildman–Crippen MR) is 71.0 cm³/mol. The molecule has 2 heterocycles. The second-order valence-corrected chi connectivity index (χ2v) is 4.86. The first-order valence-electron chi connectivity index (χ1n) is 6.00. The summed E-state index contributed by atoms with van der Waals surface area (Å²) in [5, 5.41) is 0.439. The molecule has 0 N–H and O–H groups in total. The summed E-state index contributed by atoms with van der Waals surface area (Å²) in [6.07, 6.45) is 0. The third-order valence-corrected chi connectivity index (χ3v) is 3.53. The Balaban J connectivity index is 2.15. The molecule has 1 aliphatic rings. The quantitative estimate of drug-likeness (QED) is 0.773. The number of carbonyl (C=O) groups excluding carboxylic acids is 1. The van der Waals surface area contributed by atoms with Crippen LogP contribution in [0.25, 0.3) is 0 Å². The summed E-state index contributed by atoms with van der Waals surface area (Å²) >= 11 is 6.14. The van der Waals surface area contributed by atoms with Gasteiger partial charge in [-0.2, -0.15) is 0 Å². The standard InChI is InChI=1S/C12H17ClN4O/c1-8-9(2)15-12(11(13)14-8)17-6-4-16(5-7-17)10(3)18/h4-7H2,1-3H3. The molecule has 0 spiro atoms. The Bertz CT molecular complexity index is 469. The van der Waals surface area contributed by atoms with E-state index in [-0.39, 0.29) is 5.91 Å². The van der Waals surface area contributed by atoms with E-state index in [0.29, 0.717) is 18.2 Å². The average molecular weight is 269 g/mol. The highest BCUT2D eigenvalue weighted by molar-refractivity contribution is 6.31. The lowest BCUT2D eigenvalue weighted by Gasteiger charge is -2.35. The first-order valence-corrected chi connectivity index (χ1v) is 6.38. The van der Waals surface area contributed by atoms with E-state index in [4.69, 9.17) is 11.6 Å². The lowest BCUT2D eigenvalue weighted by Crippen LogP contribution is -2.48. The number of aryl methyl sites for hydroxylation is 2. The highest BCUT2D eigenvalue weighted by Gasteiger charge is 2.22. The van der Waals surface area contributed by atoms with E-state index in [0.717, 1.165) is 30.3 Å². The maximum atomic E-state index is 11.3. The molecule has 1 fully saturated rings. The maximum absolute atomic E-state index is 11.3. The van der Waals surface area contributed by atoms with Gasteiger partial charge in [0.25, 0.3) is 0 Å². The molecule has 1 aromatic heterocycles. The van der Waals surface area contributed by atoms with Crippen molar-refractivity contribution >= 4 is 23.3 Å². The Morgan fingerprint density at radius 1 is 1.11 bits per heavy atom. The third-order valence-electron chi connectivity index (χ3n) is 3.27. The second kappa shape index (κ2) is 5.10. The Kier molecular flexibility index (Phi) is 3.71. The molecular formula is C12H17ClN4O. The monoisotopic (exact) mass is 268 g/mol. The molecule has 1 aromatic rings. The SMILES string of the molecule is CC(=O)N1CCN(c2nc(C)c(C)nc2Cl)CC1. The number of piperazine rings is 1. The van der Waals surface area contributed by atoms with Crippen LogP contribution in [0.5, 0.6) is 0 Å². The summed E-state index contributed by atoms with van der Waals surface area (Å²) in [5.41, 5.74) is 1.74. The molecule has 0 saturated carbocycles. The van der Waals surface area contributed by atoms with Crippen LogP contribution in [0.3, 0.4) is 0 Å². The molecule has 6 heteroatoms. The molecule has 0 aromatic carbocycles. The van der Waals surface area contributed by atoms with Crippen molar-refractivity contribution in [1.29, 1.82) is 0 Å². The van der Waals surface area contributed by atoms with Crippen LogP contribution in [0, 0.1) is 13.8 Å². The molecule has 1 aliphatic heterocycles. The fourth-order valence-corrected chi connectivity index (χ4v) is 2.29. The van der Waals surface area contributed by atoms with Crippen LogP contribution in [-0.2, 0) is 4.79 Å². The highest BCUT2D eigenvalue weighted by atomic mass is 35.5. The fraction of sp³-hybridized carbons (Fsp3) is 0.583. The van der Waals surface area contributed by atoms with Crippen LogP contribution in [0.1, 0.15) is 18.3 Å². The van der Waals surface area contributed by atoms with Crippen LogP contribution in [0.15, 0.2) is 0 Å². The van der Waals surface area contributed by atoms with Gasteiger partial charge in [-0.05, 0) is 13.8 Å². The van der Waals surface area contributed by atoms with Gasteiger partial charge in [-0.1, -0.05) is 11.6 Å². The van der Waals surface area contributed by atoms with Crippen molar-refractivity contribution in [1.82, 2.24) is 14.9 Å². The maximum Gasteiger partial charge on any atom is 0.219 e. The van der Waals surface area contributed by atoms with Crippen molar-refractivity contribution < 1.29 is 4.79 Å². The molecule has 1 saturated heterocycles. The molecule has 0 bridgehead atoms. The minimum Gasteiger partial charge on any atom is -0.351 e. The summed E-state index contributed by atoms with van der Waals surface area (Å²) in [4.78, 5) is 24.0. The van der Waals surface area contributed by atoms with Gasteiger partial charge in [0.15, 0.2) is 11.0 Å². The normalized spacial score (nSPS) is 16.0. The van der Waals surface area contributed by atoms with Gasteiger partial charge in [-0.25, -0.2) is 9.97 Å². The topological polar surface area (TPSA) is 49.3 Å². The zero-order valence-corrected chi connectivity index (χ0v) is 11.7. The Labute approximate surface area is 112 Å². The number of nitrogens with zero attached hydrogens (tertiary/aromatic N) is 4. The van der Waals surface area contributed by atoms with Crippen molar-refractivity contribution in [2.24, 2.45) is 0 Å². The van der Waals surface area contributed by atoms with Crippen molar-refractivity contribution in [3.8, 4) is 0 Å². The molecular weight excluding hydrogens is 252 g/mol. The summed E-state index contributed by atoms with van der Waals surface area (Å²) in [6.45, 7) is 8.33. The number of amides is 1. The van der Waals surface area contributed by atoms with Crippen molar-refractivity contribution in [3.63, 3.8) is 0 Å². The minimum atomic E-state index is 0.118. The van der Waals surface area contributed by atoms with Crippen LogP contribution < -0.4 is 4.90 Å². The van der Waals surface area contributed by atoms with E-state index in [1.807, 2.05) is 18.7 Å². The van der Waals surface area contributed by atoms with E-state index < -0.39 is 0 Å². The van der Waals surface area contributed by atoms with Gasteiger partial charge in [-0.15, -0.1) is 0 Å². The first kappa shape index (κ1) is 13.1. The van der Waals surface area contributed by atoms with Gasteiger partial charge in [0.1, 0.15) is 0 Å². The number of rotatable bonds is 1. The van der Waals surface area contributed by atoms with Crippen LogP contribution in [0.4, 0.5) is 5.82 Å². The number of aromatic nitrogens is 2. The van der Waals surface area contributed by atoms with Gasteiger partial charge in [-0.3, -0.25) is 4.79 Å². The van der Waals surface area contributed by atoms with Gasteiger partial charge in [0.05, 0.1) is 11.4 Å². The molecule has 0 atom stereocenters. The van der Waals surface area contributed by atoms with Gasteiger partial charge in [0.2, 0.25) is 5.91 Å². The summed E-state index contributed by atoms with van der Waals surface area (Å²) < 4.78 is 0. The van der Waals surface area contributed by atoms with Gasteiger partial charge >= 0.3 is 0 Å². The number of anilines is 1. The summed E-state index contributed by atoms with van der Waals surface area (Å²) in [5.74, 6) is 0.842. The van der Waals surface area contributed by atoms with Crippen molar-refractivity contribution in [2.45, 2.75) is 20.8 Å². The van der Waals surface area contributed by atoms with Crippen LogP contribution >= 0.6 is 11.6 Å². The Morgan fingerprint density at radius 3 is 2.22 bits per heavy atom. The number of carbonyl (C=O) groups is 1. The van der Waals surface area contributed by atoms with Crippen molar-refractivity contribution in [2.75, 3.05) is 31.1 Å². The predicted octanol–water partition coefficient (Wildman–Crippen LogP) is 1.42. The Morgan fingerprint density at radius 2 is 1.67 bits per heavy atom. The summed E-state index contributed by atoms with van der Waals surface area (Å²) in [7, 11) is 0. The van der Waals surface area contributed by atoms with E-state index in [2.05, 4.69) is 14.9 Å². The smallest absolute Gasteiger partial charge is 0.219 e. The molecule has 0 aliphatic carbocycles. The number of hydrogen-bond donors (Lipinski definition) is 0. The van der Waals surface area contributed by atoms with E-state index in [1.54, 1.807) is 6.92 Å². The number of halogens is 1. The van der Waals surface area contributed by atoms with E-state index >= 15 is 0 Å². The van der Waals surface area contributed by atoms with Crippen LogP contribution in [-0.4, -0.2) is 47.0 Å². The molecule has 0 radical (unpaired) electrons.